The topological polar surface area (TPSA) is 49.3 Å². The Balaban J connectivity index is 0.00000729. The van der Waals surface area contributed by atoms with Crippen LogP contribution in [0.3, 0.4) is 0 Å². The van der Waals surface area contributed by atoms with Crippen molar-refractivity contribution in [2.24, 2.45) is 0 Å². The quantitative estimate of drug-likeness (QED) is 0.160. The number of amides is 1. The average molecular weight is 416 g/mol. The van der Waals surface area contributed by atoms with Gasteiger partial charge < -0.3 is 10.4 Å². The molecule has 3 nitrogen and oxygen atoms in total. The van der Waals surface area contributed by atoms with Crippen LogP contribution < -0.4 is 5.32 Å². The second kappa shape index (κ2) is 20.0. The minimum atomic E-state index is 0. The van der Waals surface area contributed by atoms with Crippen LogP contribution in [0, 0.1) is 0 Å². The SMILES string of the molecule is CCCCCCCCCCCCCCCCCC(=O)Nc1ccc(O)cc1.[Ca]. The number of carbonyl (C=O) groups excluding carboxylic acids is 1. The second-order valence-corrected chi connectivity index (χ2v) is 7.79. The summed E-state index contributed by atoms with van der Waals surface area (Å²) in [5, 5.41) is 12.1. The maximum absolute atomic E-state index is 11.9. The van der Waals surface area contributed by atoms with E-state index in [1.54, 1.807) is 24.3 Å². The second-order valence-electron chi connectivity index (χ2n) is 7.79. The standard InChI is InChI=1S/C24H41NO2.Ca/c1-2-3-4-5-6-7-8-9-10-11-12-13-14-15-16-17-24(27)25-22-18-20-23(26)21-19-22;/h18-21,26H,2-17H2,1H3,(H,25,27);. The van der Waals surface area contributed by atoms with E-state index in [4.69, 9.17) is 0 Å². The monoisotopic (exact) mass is 415 g/mol. The Morgan fingerprint density at radius 2 is 1.11 bits per heavy atom. The van der Waals surface area contributed by atoms with Gasteiger partial charge in [-0.05, 0) is 30.7 Å². The van der Waals surface area contributed by atoms with Crippen LogP contribution in [0.2, 0.25) is 0 Å². The van der Waals surface area contributed by atoms with Gasteiger partial charge in [-0.1, -0.05) is 96.8 Å². The van der Waals surface area contributed by atoms with Gasteiger partial charge in [0.15, 0.2) is 0 Å². The molecule has 4 heteroatoms. The Bertz CT molecular complexity index is 476. The zero-order valence-corrected chi connectivity index (χ0v) is 20.4. The molecule has 28 heavy (non-hydrogen) atoms. The van der Waals surface area contributed by atoms with E-state index < -0.39 is 0 Å². The van der Waals surface area contributed by atoms with Crippen LogP contribution in [0.25, 0.3) is 0 Å². The Morgan fingerprint density at radius 1 is 0.714 bits per heavy atom. The van der Waals surface area contributed by atoms with E-state index in [0.717, 1.165) is 18.5 Å². The van der Waals surface area contributed by atoms with Crippen LogP contribution in [0.4, 0.5) is 5.69 Å². The van der Waals surface area contributed by atoms with Crippen LogP contribution in [0.15, 0.2) is 24.3 Å². The molecule has 0 unspecified atom stereocenters. The molecular weight excluding hydrogens is 374 g/mol. The van der Waals surface area contributed by atoms with E-state index >= 15 is 0 Å². The predicted octanol–water partition coefficient (Wildman–Crippen LogP) is 7.21. The van der Waals surface area contributed by atoms with Crippen molar-refractivity contribution in [3.8, 4) is 5.75 Å². The zero-order valence-electron chi connectivity index (χ0n) is 18.2. The summed E-state index contributed by atoms with van der Waals surface area (Å²) >= 11 is 0. The summed E-state index contributed by atoms with van der Waals surface area (Å²) in [4.78, 5) is 11.9. The number of unbranched alkanes of at least 4 members (excludes halogenated alkanes) is 14. The van der Waals surface area contributed by atoms with Crippen molar-refractivity contribution in [1.82, 2.24) is 0 Å². The van der Waals surface area contributed by atoms with E-state index in [0.29, 0.717) is 6.42 Å². The van der Waals surface area contributed by atoms with Crippen molar-refractivity contribution in [3.05, 3.63) is 24.3 Å². The number of phenols is 1. The van der Waals surface area contributed by atoms with Crippen molar-refractivity contribution in [3.63, 3.8) is 0 Å². The minimum absolute atomic E-state index is 0. The fourth-order valence-corrected chi connectivity index (χ4v) is 3.43. The van der Waals surface area contributed by atoms with Crippen LogP contribution in [0.5, 0.6) is 5.75 Å². The molecule has 0 saturated heterocycles. The summed E-state index contributed by atoms with van der Waals surface area (Å²) in [6.07, 6.45) is 20.6. The maximum atomic E-state index is 11.9. The third-order valence-electron chi connectivity index (χ3n) is 5.16. The van der Waals surface area contributed by atoms with Gasteiger partial charge in [0.05, 0.1) is 0 Å². The summed E-state index contributed by atoms with van der Waals surface area (Å²) in [6.45, 7) is 2.27. The largest absolute Gasteiger partial charge is 0.508 e. The molecule has 0 aliphatic heterocycles. The van der Waals surface area contributed by atoms with Crippen molar-refractivity contribution in [1.29, 1.82) is 0 Å². The van der Waals surface area contributed by atoms with Gasteiger partial charge in [0.1, 0.15) is 5.75 Å². The Kier molecular flexibility index (Phi) is 19.9. The van der Waals surface area contributed by atoms with Crippen molar-refractivity contribution in [2.45, 2.75) is 110 Å². The average Bonchev–Trinajstić information content (AvgIpc) is 2.66. The molecule has 0 aromatic heterocycles. The van der Waals surface area contributed by atoms with E-state index in [1.807, 2.05) is 0 Å². The number of aromatic hydroxyl groups is 1. The van der Waals surface area contributed by atoms with E-state index in [-0.39, 0.29) is 49.4 Å². The maximum Gasteiger partial charge on any atom is 0.224 e. The molecule has 2 radical (unpaired) electrons. The van der Waals surface area contributed by atoms with Crippen LogP contribution in [-0.4, -0.2) is 48.8 Å². The molecule has 156 valence electrons. The van der Waals surface area contributed by atoms with Gasteiger partial charge in [-0.3, -0.25) is 4.79 Å². The summed E-state index contributed by atoms with van der Waals surface area (Å²) in [7, 11) is 0. The van der Waals surface area contributed by atoms with Gasteiger partial charge in [-0.25, -0.2) is 0 Å². The Morgan fingerprint density at radius 3 is 1.54 bits per heavy atom. The molecule has 0 aliphatic carbocycles. The normalized spacial score (nSPS) is 10.5. The molecule has 0 fully saturated rings. The van der Waals surface area contributed by atoms with Crippen LogP contribution in [0.1, 0.15) is 110 Å². The first-order chi connectivity index (χ1) is 13.2. The third kappa shape index (κ3) is 16.7. The van der Waals surface area contributed by atoms with Crippen molar-refractivity contribution in [2.75, 3.05) is 5.32 Å². The van der Waals surface area contributed by atoms with Crippen LogP contribution in [-0.2, 0) is 4.79 Å². The molecule has 2 N–H and O–H groups in total. The van der Waals surface area contributed by atoms with E-state index in [1.165, 1.54) is 83.5 Å². The number of anilines is 1. The van der Waals surface area contributed by atoms with Gasteiger partial charge in [0, 0.05) is 49.8 Å². The van der Waals surface area contributed by atoms with E-state index in [2.05, 4.69) is 12.2 Å². The fourth-order valence-electron chi connectivity index (χ4n) is 3.43. The summed E-state index contributed by atoms with van der Waals surface area (Å²) < 4.78 is 0. The Hall–Kier alpha value is -0.250. The molecule has 1 amide bonds. The molecule has 0 heterocycles. The number of carbonyl (C=O) groups is 1. The molecule has 0 saturated carbocycles. The summed E-state index contributed by atoms with van der Waals surface area (Å²) in [5.74, 6) is 0.283. The smallest absolute Gasteiger partial charge is 0.224 e. The van der Waals surface area contributed by atoms with Crippen LogP contribution >= 0.6 is 0 Å². The number of nitrogens with one attached hydrogen (secondary N) is 1. The molecule has 1 aromatic rings. The van der Waals surface area contributed by atoms with Crippen molar-refractivity contribution >= 4 is 49.3 Å². The number of hydrogen-bond donors (Lipinski definition) is 2. The van der Waals surface area contributed by atoms with Gasteiger partial charge >= 0.3 is 0 Å². The zero-order chi connectivity index (χ0) is 19.6. The predicted molar refractivity (Wildman–Crippen MR) is 122 cm³/mol. The summed E-state index contributed by atoms with van der Waals surface area (Å²) in [6, 6.07) is 6.62. The molecule has 0 spiro atoms. The molecule has 0 atom stereocenters. The van der Waals surface area contributed by atoms with Crippen molar-refractivity contribution < 1.29 is 9.90 Å². The first-order valence-corrected chi connectivity index (χ1v) is 11.3. The molecule has 1 rings (SSSR count). The summed E-state index contributed by atoms with van der Waals surface area (Å²) in [5.41, 5.74) is 0.749. The van der Waals surface area contributed by atoms with E-state index in [9.17, 15) is 9.90 Å². The number of benzene rings is 1. The number of rotatable bonds is 17. The minimum Gasteiger partial charge on any atom is -0.508 e. The Labute approximate surface area is 203 Å². The molecule has 0 aliphatic rings. The van der Waals surface area contributed by atoms with Gasteiger partial charge in [-0.2, -0.15) is 0 Å². The molecular formula is C24H41CaNO2. The number of phenolic OH excluding ortho intramolecular Hbond substituents is 1. The molecule has 0 bridgehead atoms. The molecule has 1 aromatic carbocycles. The first-order valence-electron chi connectivity index (χ1n) is 11.3. The fraction of sp³-hybridized carbons (Fsp3) is 0.708. The number of hydrogen-bond acceptors (Lipinski definition) is 2. The van der Waals surface area contributed by atoms with Gasteiger partial charge in [0.2, 0.25) is 5.91 Å². The first kappa shape index (κ1) is 27.7. The van der Waals surface area contributed by atoms with Gasteiger partial charge in [-0.15, -0.1) is 0 Å². The third-order valence-corrected chi connectivity index (χ3v) is 5.16. The van der Waals surface area contributed by atoms with Gasteiger partial charge in [0.25, 0.3) is 0 Å².